The highest BCUT2D eigenvalue weighted by molar-refractivity contribution is 6.30. The molecule has 1 aromatic heterocycles. The van der Waals surface area contributed by atoms with Gasteiger partial charge in [-0.15, -0.1) is 0 Å². The highest BCUT2D eigenvalue weighted by atomic mass is 35.5. The third-order valence-electron chi connectivity index (χ3n) is 2.86. The van der Waals surface area contributed by atoms with Gasteiger partial charge in [-0.2, -0.15) is 0 Å². The number of rotatable bonds is 4. The minimum atomic E-state index is -0.236. The lowest BCUT2D eigenvalue weighted by molar-refractivity contribution is 0.408. The first kappa shape index (κ1) is 13.8. The fourth-order valence-electron chi connectivity index (χ4n) is 1.84. The van der Waals surface area contributed by atoms with Gasteiger partial charge in [0.2, 0.25) is 0 Å². The number of halogens is 1. The van der Waals surface area contributed by atoms with Crippen molar-refractivity contribution >= 4 is 11.6 Å². The van der Waals surface area contributed by atoms with Gasteiger partial charge in [-0.1, -0.05) is 11.6 Å². The van der Waals surface area contributed by atoms with Crippen molar-refractivity contribution in [2.24, 2.45) is 5.73 Å². The standard InChI is InChI=1S/C14H16ClN3O/c1-9-7-18-13(8-17-9)12(16)6-10-5-11(15)3-4-14(10)19-2/h3-5,7-8,12H,6,16H2,1-2H3. The Hall–Kier alpha value is -1.65. The molecule has 2 rings (SSSR count). The lowest BCUT2D eigenvalue weighted by Crippen LogP contribution is -2.15. The monoisotopic (exact) mass is 277 g/mol. The van der Waals surface area contributed by atoms with Crippen molar-refractivity contribution in [1.82, 2.24) is 9.97 Å². The molecule has 1 unspecified atom stereocenters. The van der Waals surface area contributed by atoms with Gasteiger partial charge >= 0.3 is 0 Å². The van der Waals surface area contributed by atoms with Crippen LogP contribution in [0.15, 0.2) is 30.6 Å². The highest BCUT2D eigenvalue weighted by Crippen LogP contribution is 2.26. The Morgan fingerprint density at radius 2 is 2.11 bits per heavy atom. The van der Waals surface area contributed by atoms with Crippen LogP contribution in [-0.4, -0.2) is 17.1 Å². The van der Waals surface area contributed by atoms with E-state index in [-0.39, 0.29) is 6.04 Å². The molecule has 0 aliphatic heterocycles. The van der Waals surface area contributed by atoms with Crippen LogP contribution in [0.25, 0.3) is 0 Å². The molecule has 0 saturated heterocycles. The van der Waals surface area contributed by atoms with Crippen LogP contribution in [0.3, 0.4) is 0 Å². The Bertz CT molecular complexity index is 557. The summed E-state index contributed by atoms with van der Waals surface area (Å²) < 4.78 is 5.31. The Morgan fingerprint density at radius 1 is 1.32 bits per heavy atom. The van der Waals surface area contributed by atoms with Gasteiger partial charge < -0.3 is 10.5 Å². The molecule has 0 amide bonds. The fraction of sp³-hybridized carbons (Fsp3) is 0.286. The van der Waals surface area contributed by atoms with Crippen LogP contribution in [0.1, 0.15) is 23.0 Å². The Kier molecular flexibility index (Phi) is 4.35. The van der Waals surface area contributed by atoms with Gasteiger partial charge in [-0.3, -0.25) is 9.97 Å². The zero-order valence-electron chi connectivity index (χ0n) is 10.9. The fourth-order valence-corrected chi connectivity index (χ4v) is 2.04. The van der Waals surface area contributed by atoms with Crippen LogP contribution < -0.4 is 10.5 Å². The van der Waals surface area contributed by atoms with E-state index in [4.69, 9.17) is 22.1 Å². The molecular weight excluding hydrogens is 262 g/mol. The summed E-state index contributed by atoms with van der Waals surface area (Å²) in [5.74, 6) is 0.778. The molecule has 2 aromatic rings. The van der Waals surface area contributed by atoms with Crippen molar-refractivity contribution in [2.75, 3.05) is 7.11 Å². The number of nitrogens with two attached hydrogens (primary N) is 1. The van der Waals surface area contributed by atoms with E-state index in [1.54, 1.807) is 25.6 Å². The predicted molar refractivity (Wildman–Crippen MR) is 75.4 cm³/mol. The van der Waals surface area contributed by atoms with E-state index in [1.807, 2.05) is 19.1 Å². The number of ether oxygens (including phenoxy) is 1. The molecule has 1 atom stereocenters. The largest absolute Gasteiger partial charge is 0.496 e. The molecule has 0 fully saturated rings. The van der Waals surface area contributed by atoms with E-state index in [0.717, 1.165) is 22.7 Å². The van der Waals surface area contributed by atoms with Gasteiger partial charge in [0.15, 0.2) is 0 Å². The molecule has 2 N–H and O–H groups in total. The van der Waals surface area contributed by atoms with Crippen molar-refractivity contribution in [2.45, 2.75) is 19.4 Å². The minimum Gasteiger partial charge on any atom is -0.496 e. The average Bonchev–Trinajstić information content (AvgIpc) is 2.39. The van der Waals surface area contributed by atoms with Gasteiger partial charge in [0, 0.05) is 11.2 Å². The van der Waals surface area contributed by atoms with Crippen molar-refractivity contribution in [3.63, 3.8) is 0 Å². The summed E-state index contributed by atoms with van der Waals surface area (Å²) in [6.07, 6.45) is 4.02. The second-order valence-corrected chi connectivity index (χ2v) is 4.79. The molecule has 1 heterocycles. The summed E-state index contributed by atoms with van der Waals surface area (Å²) in [5, 5.41) is 0.665. The van der Waals surface area contributed by atoms with Gasteiger partial charge in [-0.25, -0.2) is 0 Å². The van der Waals surface area contributed by atoms with Crippen LogP contribution in [0.5, 0.6) is 5.75 Å². The highest BCUT2D eigenvalue weighted by Gasteiger charge is 2.12. The van der Waals surface area contributed by atoms with Crippen molar-refractivity contribution in [1.29, 1.82) is 0 Å². The molecule has 19 heavy (non-hydrogen) atoms. The maximum absolute atomic E-state index is 6.15. The lowest BCUT2D eigenvalue weighted by atomic mass is 10.0. The normalized spacial score (nSPS) is 12.2. The van der Waals surface area contributed by atoms with Crippen LogP contribution in [-0.2, 0) is 6.42 Å². The first-order valence-electron chi connectivity index (χ1n) is 5.96. The third kappa shape index (κ3) is 3.43. The second-order valence-electron chi connectivity index (χ2n) is 4.35. The van der Waals surface area contributed by atoms with E-state index in [1.165, 1.54) is 0 Å². The van der Waals surface area contributed by atoms with Crippen molar-refractivity contribution in [3.8, 4) is 5.75 Å². The zero-order chi connectivity index (χ0) is 13.8. The number of nitrogens with zero attached hydrogens (tertiary/aromatic N) is 2. The first-order valence-corrected chi connectivity index (χ1v) is 6.34. The maximum atomic E-state index is 6.15. The molecule has 0 aliphatic carbocycles. The predicted octanol–water partition coefficient (Wildman–Crippen LogP) is 2.69. The smallest absolute Gasteiger partial charge is 0.122 e. The van der Waals surface area contributed by atoms with E-state index >= 15 is 0 Å². The average molecular weight is 278 g/mol. The maximum Gasteiger partial charge on any atom is 0.122 e. The van der Waals surface area contributed by atoms with Gasteiger partial charge in [-0.05, 0) is 37.1 Å². The molecule has 0 radical (unpaired) electrons. The summed E-state index contributed by atoms with van der Waals surface area (Å²) in [4.78, 5) is 8.49. The molecule has 0 aliphatic rings. The van der Waals surface area contributed by atoms with Crippen LogP contribution >= 0.6 is 11.6 Å². The van der Waals surface area contributed by atoms with Crippen molar-refractivity contribution in [3.05, 3.63) is 52.6 Å². The zero-order valence-corrected chi connectivity index (χ0v) is 11.7. The molecule has 4 nitrogen and oxygen atoms in total. The van der Waals surface area contributed by atoms with Gasteiger partial charge in [0.25, 0.3) is 0 Å². The molecule has 5 heteroatoms. The molecule has 1 aromatic carbocycles. The van der Waals surface area contributed by atoms with Gasteiger partial charge in [0.05, 0.1) is 30.7 Å². The van der Waals surface area contributed by atoms with Crippen LogP contribution in [0.4, 0.5) is 0 Å². The minimum absolute atomic E-state index is 0.236. The molecular formula is C14H16ClN3O. The van der Waals surface area contributed by atoms with Crippen LogP contribution in [0, 0.1) is 6.92 Å². The molecule has 0 bridgehead atoms. The number of methoxy groups -OCH3 is 1. The molecule has 0 spiro atoms. The molecule has 0 saturated carbocycles. The van der Waals surface area contributed by atoms with E-state index < -0.39 is 0 Å². The lowest BCUT2D eigenvalue weighted by Gasteiger charge is -2.14. The summed E-state index contributed by atoms with van der Waals surface area (Å²) >= 11 is 6.00. The summed E-state index contributed by atoms with van der Waals surface area (Å²) in [7, 11) is 1.63. The van der Waals surface area contributed by atoms with E-state index in [2.05, 4.69) is 9.97 Å². The SMILES string of the molecule is COc1ccc(Cl)cc1CC(N)c1cnc(C)cn1. The van der Waals surface area contributed by atoms with E-state index in [9.17, 15) is 0 Å². The summed E-state index contributed by atoms with van der Waals surface area (Å²) in [6.45, 7) is 1.89. The number of aromatic nitrogens is 2. The van der Waals surface area contributed by atoms with Crippen molar-refractivity contribution < 1.29 is 4.74 Å². The Morgan fingerprint density at radius 3 is 2.74 bits per heavy atom. The number of hydrogen-bond donors (Lipinski definition) is 1. The second kappa shape index (κ2) is 5.99. The number of aryl methyl sites for hydroxylation is 1. The van der Waals surface area contributed by atoms with Crippen LogP contribution in [0.2, 0.25) is 5.02 Å². The van der Waals surface area contributed by atoms with Gasteiger partial charge in [0.1, 0.15) is 5.75 Å². The quantitative estimate of drug-likeness (QED) is 0.933. The first-order chi connectivity index (χ1) is 9.10. The topological polar surface area (TPSA) is 61.0 Å². The Balaban J connectivity index is 2.20. The number of hydrogen-bond acceptors (Lipinski definition) is 4. The van der Waals surface area contributed by atoms with E-state index in [0.29, 0.717) is 11.4 Å². The number of benzene rings is 1. The summed E-state index contributed by atoms with van der Waals surface area (Å²) in [6, 6.07) is 5.26. The molecule has 100 valence electrons. The summed E-state index contributed by atoms with van der Waals surface area (Å²) in [5.41, 5.74) is 8.74. The Labute approximate surface area is 117 Å². The third-order valence-corrected chi connectivity index (χ3v) is 3.10.